The maximum Gasteiger partial charge on any atom is 0.259 e. The van der Waals surface area contributed by atoms with Gasteiger partial charge in [-0.15, -0.1) is 11.3 Å². The second-order valence-electron chi connectivity index (χ2n) is 7.02. The number of pyridine rings is 1. The molecule has 27 heavy (non-hydrogen) atoms. The second-order valence-corrected chi connectivity index (χ2v) is 7.90. The van der Waals surface area contributed by atoms with E-state index in [4.69, 9.17) is 0 Å². The third-order valence-corrected chi connectivity index (χ3v) is 6.05. The number of hydrogen-bond acceptors (Lipinski definition) is 5. The van der Waals surface area contributed by atoms with Crippen molar-refractivity contribution in [3.05, 3.63) is 57.2 Å². The summed E-state index contributed by atoms with van der Waals surface area (Å²) in [7, 11) is 0. The van der Waals surface area contributed by atoms with Crippen molar-refractivity contribution in [2.24, 2.45) is 0 Å². The minimum Gasteiger partial charge on any atom is -0.346 e. The van der Waals surface area contributed by atoms with Gasteiger partial charge in [0, 0.05) is 43.4 Å². The number of H-pyrrole nitrogens is 1. The van der Waals surface area contributed by atoms with Crippen molar-refractivity contribution in [2.45, 2.75) is 19.8 Å². The number of piperazine rings is 1. The molecule has 1 aliphatic heterocycles. The monoisotopic (exact) mass is 386 g/mol. The number of aryl methyl sites for hydroxylation is 2. The van der Waals surface area contributed by atoms with Gasteiger partial charge in [0.25, 0.3) is 5.56 Å². The first-order chi connectivity index (χ1) is 13.1. The Bertz CT molecular complexity index is 978. The molecule has 1 saturated heterocycles. The van der Waals surface area contributed by atoms with Gasteiger partial charge < -0.3 is 9.88 Å². The largest absolute Gasteiger partial charge is 0.346 e. The van der Waals surface area contributed by atoms with Crippen LogP contribution in [0.3, 0.4) is 0 Å². The van der Waals surface area contributed by atoms with Crippen LogP contribution in [0.5, 0.6) is 0 Å². The molecule has 1 aromatic carbocycles. The van der Waals surface area contributed by atoms with Crippen LogP contribution in [0.25, 0.3) is 10.8 Å². The number of rotatable bonds is 5. The lowest BCUT2D eigenvalue weighted by Crippen LogP contribution is -2.46. The quantitative estimate of drug-likeness (QED) is 0.732. The molecule has 7 heteroatoms. The zero-order valence-electron chi connectivity index (χ0n) is 15.4. The Hall–Kier alpha value is -2.25. The molecule has 0 bridgehead atoms. The van der Waals surface area contributed by atoms with Crippen molar-refractivity contribution in [1.82, 2.24) is 14.9 Å². The van der Waals surface area contributed by atoms with E-state index in [-0.39, 0.29) is 10.9 Å². The molecule has 2 aromatic heterocycles. The van der Waals surface area contributed by atoms with Crippen LogP contribution in [0.2, 0.25) is 0 Å². The molecule has 4 rings (SSSR count). The number of nitrogens with zero attached hydrogens (tertiary/aromatic N) is 3. The van der Waals surface area contributed by atoms with Crippen molar-refractivity contribution < 1.29 is 4.39 Å². The molecule has 0 saturated carbocycles. The van der Waals surface area contributed by atoms with E-state index in [9.17, 15) is 9.18 Å². The topological polar surface area (TPSA) is 52.2 Å². The third-order valence-electron chi connectivity index (χ3n) is 5.21. The Labute approximate surface area is 161 Å². The van der Waals surface area contributed by atoms with Gasteiger partial charge in [0.05, 0.1) is 5.39 Å². The number of hydrogen-bond donors (Lipinski definition) is 1. The SMILES string of the molecule is Cc1ccc(F)c2c(=O)[nH]c(CCCN3CCN(c4nccs4)CC3)cc12. The van der Waals surface area contributed by atoms with Gasteiger partial charge in [0.1, 0.15) is 5.82 Å². The predicted molar refractivity (Wildman–Crippen MR) is 108 cm³/mol. The first-order valence-corrected chi connectivity index (χ1v) is 10.2. The molecule has 5 nitrogen and oxygen atoms in total. The average Bonchev–Trinajstić information content (AvgIpc) is 3.20. The Morgan fingerprint density at radius 3 is 2.81 bits per heavy atom. The van der Waals surface area contributed by atoms with E-state index in [1.807, 2.05) is 24.6 Å². The summed E-state index contributed by atoms with van der Waals surface area (Å²) in [5.41, 5.74) is 1.47. The lowest BCUT2D eigenvalue weighted by atomic mass is 10.0. The molecule has 0 spiro atoms. The van der Waals surface area contributed by atoms with Crippen LogP contribution < -0.4 is 10.5 Å². The number of fused-ring (bicyclic) bond motifs is 1. The zero-order valence-corrected chi connectivity index (χ0v) is 16.2. The molecule has 142 valence electrons. The maximum atomic E-state index is 14.0. The number of nitrogens with one attached hydrogen (secondary N) is 1. The van der Waals surface area contributed by atoms with E-state index in [0.717, 1.165) is 62.0 Å². The Morgan fingerprint density at radius 1 is 1.26 bits per heavy atom. The molecular weight excluding hydrogens is 363 g/mol. The van der Waals surface area contributed by atoms with Gasteiger partial charge >= 0.3 is 0 Å². The van der Waals surface area contributed by atoms with Crippen molar-refractivity contribution >= 4 is 27.2 Å². The summed E-state index contributed by atoms with van der Waals surface area (Å²) in [6.07, 6.45) is 3.60. The molecule has 1 N–H and O–H groups in total. The lowest BCUT2D eigenvalue weighted by Gasteiger charge is -2.34. The third kappa shape index (κ3) is 3.89. The van der Waals surface area contributed by atoms with E-state index in [1.54, 1.807) is 17.4 Å². The van der Waals surface area contributed by atoms with Gasteiger partial charge in [-0.05, 0) is 49.4 Å². The first kappa shape index (κ1) is 18.1. The van der Waals surface area contributed by atoms with Gasteiger partial charge in [-0.25, -0.2) is 9.37 Å². The van der Waals surface area contributed by atoms with E-state index in [1.165, 1.54) is 6.07 Å². The van der Waals surface area contributed by atoms with Crippen LogP contribution in [-0.4, -0.2) is 47.6 Å². The summed E-state index contributed by atoms with van der Waals surface area (Å²) < 4.78 is 14.0. The minimum atomic E-state index is -0.457. The van der Waals surface area contributed by atoms with E-state index < -0.39 is 5.82 Å². The number of halogens is 1. The number of anilines is 1. The molecule has 1 fully saturated rings. The zero-order chi connectivity index (χ0) is 18.8. The standard InChI is InChI=1S/C20H23FN4OS/c1-14-4-5-17(21)18-16(14)13-15(23-19(18)26)3-2-7-24-8-10-25(11-9-24)20-22-6-12-27-20/h4-6,12-13H,2-3,7-11H2,1H3,(H,23,26). The molecule has 0 unspecified atom stereocenters. The Balaban J connectivity index is 1.35. The highest BCUT2D eigenvalue weighted by Gasteiger charge is 2.18. The molecular formula is C20H23FN4OS. The fraction of sp³-hybridized carbons (Fsp3) is 0.400. The lowest BCUT2D eigenvalue weighted by molar-refractivity contribution is 0.255. The summed E-state index contributed by atoms with van der Waals surface area (Å²) in [5, 5.41) is 3.99. The highest BCUT2D eigenvalue weighted by molar-refractivity contribution is 7.13. The molecule has 0 amide bonds. The van der Waals surface area contributed by atoms with E-state index in [2.05, 4.69) is 19.8 Å². The van der Waals surface area contributed by atoms with Crippen molar-refractivity contribution in [3.8, 4) is 0 Å². The normalized spacial score (nSPS) is 15.6. The molecule has 3 heterocycles. The molecule has 3 aromatic rings. The van der Waals surface area contributed by atoms with Crippen LogP contribution in [0.4, 0.5) is 9.52 Å². The predicted octanol–water partition coefficient (Wildman–Crippen LogP) is 3.19. The van der Waals surface area contributed by atoms with Crippen molar-refractivity contribution in [1.29, 1.82) is 0 Å². The molecule has 0 aliphatic carbocycles. The average molecular weight is 386 g/mol. The maximum absolute atomic E-state index is 14.0. The van der Waals surface area contributed by atoms with Gasteiger partial charge in [-0.1, -0.05) is 6.07 Å². The molecule has 0 atom stereocenters. The van der Waals surface area contributed by atoms with E-state index >= 15 is 0 Å². The van der Waals surface area contributed by atoms with Crippen LogP contribution in [0, 0.1) is 12.7 Å². The molecule has 1 aliphatic rings. The number of thiazole rings is 1. The highest BCUT2D eigenvalue weighted by atomic mass is 32.1. The summed E-state index contributed by atoms with van der Waals surface area (Å²) in [5.74, 6) is -0.457. The second kappa shape index (κ2) is 7.78. The summed E-state index contributed by atoms with van der Waals surface area (Å²) in [6.45, 7) is 6.95. The van der Waals surface area contributed by atoms with Crippen LogP contribution in [-0.2, 0) is 6.42 Å². The molecule has 0 radical (unpaired) electrons. The van der Waals surface area contributed by atoms with Crippen molar-refractivity contribution in [2.75, 3.05) is 37.6 Å². The van der Waals surface area contributed by atoms with Crippen LogP contribution in [0.15, 0.2) is 34.6 Å². The van der Waals surface area contributed by atoms with Crippen LogP contribution >= 0.6 is 11.3 Å². The summed E-state index contributed by atoms with van der Waals surface area (Å²) >= 11 is 1.69. The highest BCUT2D eigenvalue weighted by Crippen LogP contribution is 2.20. The summed E-state index contributed by atoms with van der Waals surface area (Å²) in [4.78, 5) is 24.3. The fourth-order valence-electron chi connectivity index (χ4n) is 3.70. The fourth-order valence-corrected chi connectivity index (χ4v) is 4.39. The van der Waals surface area contributed by atoms with Gasteiger partial charge in [-0.3, -0.25) is 9.69 Å². The van der Waals surface area contributed by atoms with Gasteiger partial charge in [0.15, 0.2) is 5.13 Å². The number of aromatic nitrogens is 2. The van der Waals surface area contributed by atoms with E-state index in [0.29, 0.717) is 5.39 Å². The Morgan fingerprint density at radius 2 is 2.07 bits per heavy atom. The Kier molecular flexibility index (Phi) is 5.22. The number of benzene rings is 1. The minimum absolute atomic E-state index is 0.164. The smallest absolute Gasteiger partial charge is 0.259 e. The first-order valence-electron chi connectivity index (χ1n) is 9.29. The van der Waals surface area contributed by atoms with Crippen LogP contribution in [0.1, 0.15) is 17.7 Å². The summed E-state index contributed by atoms with van der Waals surface area (Å²) in [6, 6.07) is 5.01. The van der Waals surface area contributed by atoms with Crippen molar-refractivity contribution in [3.63, 3.8) is 0 Å². The number of aromatic amines is 1. The van der Waals surface area contributed by atoms with Gasteiger partial charge in [-0.2, -0.15) is 0 Å². The van der Waals surface area contributed by atoms with Gasteiger partial charge in [0.2, 0.25) is 0 Å².